The molecule has 0 rings (SSSR count). The van der Waals surface area contributed by atoms with Gasteiger partial charge in [0.25, 0.3) is 0 Å². The molecular weight excluding hydrogens is 639 g/mol. The SMILES string of the molecule is CCCCCCCCCCCCCCCCCCCCCC(=O)OC[C@H](COP(=O)(O)O)OC(=O)CCCCCCCCCCCCCC. The van der Waals surface area contributed by atoms with E-state index in [0.717, 1.165) is 38.5 Å². The van der Waals surface area contributed by atoms with Crippen LogP contribution in [0.1, 0.15) is 226 Å². The lowest BCUT2D eigenvalue weighted by atomic mass is 10.0. The second-order valence-corrected chi connectivity index (χ2v) is 15.6. The maximum absolute atomic E-state index is 12.4. The molecular formula is C40H79O8P. The van der Waals surface area contributed by atoms with Crippen molar-refractivity contribution in [1.82, 2.24) is 0 Å². The monoisotopic (exact) mass is 719 g/mol. The van der Waals surface area contributed by atoms with Crippen LogP contribution in [-0.4, -0.2) is 41.0 Å². The molecule has 9 heteroatoms. The Morgan fingerprint density at radius 1 is 0.449 bits per heavy atom. The first kappa shape index (κ1) is 48.0. The molecule has 1 atom stereocenters. The van der Waals surface area contributed by atoms with Gasteiger partial charge in [-0.15, -0.1) is 0 Å². The zero-order valence-electron chi connectivity index (χ0n) is 32.1. The number of carbonyl (C=O) groups excluding carboxylic acids is 2. The van der Waals surface area contributed by atoms with E-state index in [2.05, 4.69) is 18.4 Å². The van der Waals surface area contributed by atoms with Gasteiger partial charge in [-0.3, -0.25) is 14.1 Å². The van der Waals surface area contributed by atoms with Crippen molar-refractivity contribution in [2.45, 2.75) is 232 Å². The van der Waals surface area contributed by atoms with E-state index in [-0.39, 0.29) is 19.4 Å². The fraction of sp³-hybridized carbons (Fsp3) is 0.950. The van der Waals surface area contributed by atoms with Crippen molar-refractivity contribution in [1.29, 1.82) is 0 Å². The van der Waals surface area contributed by atoms with Gasteiger partial charge in [-0.2, -0.15) is 0 Å². The topological polar surface area (TPSA) is 119 Å². The van der Waals surface area contributed by atoms with E-state index < -0.39 is 32.5 Å². The van der Waals surface area contributed by atoms with Crippen molar-refractivity contribution in [2.24, 2.45) is 0 Å². The number of esters is 2. The van der Waals surface area contributed by atoms with Gasteiger partial charge in [-0.05, 0) is 12.8 Å². The van der Waals surface area contributed by atoms with Crippen LogP contribution in [0, 0.1) is 0 Å². The van der Waals surface area contributed by atoms with Crippen LogP contribution in [0.2, 0.25) is 0 Å². The van der Waals surface area contributed by atoms with E-state index in [4.69, 9.17) is 19.3 Å². The quantitative estimate of drug-likeness (QED) is 0.0366. The third kappa shape index (κ3) is 39.7. The van der Waals surface area contributed by atoms with Gasteiger partial charge in [-0.25, -0.2) is 4.57 Å². The van der Waals surface area contributed by atoms with Crippen LogP contribution in [0.5, 0.6) is 0 Å². The van der Waals surface area contributed by atoms with E-state index in [9.17, 15) is 14.2 Å². The third-order valence-corrected chi connectivity index (χ3v) is 9.86. The molecule has 49 heavy (non-hydrogen) atoms. The summed E-state index contributed by atoms with van der Waals surface area (Å²) in [4.78, 5) is 42.8. The van der Waals surface area contributed by atoms with Crippen LogP contribution >= 0.6 is 7.82 Å². The van der Waals surface area contributed by atoms with E-state index in [1.807, 2.05) is 0 Å². The van der Waals surface area contributed by atoms with E-state index in [1.54, 1.807) is 0 Å². The minimum absolute atomic E-state index is 0.219. The normalized spacial score (nSPS) is 12.3. The summed E-state index contributed by atoms with van der Waals surface area (Å²) in [5, 5.41) is 0. The summed E-state index contributed by atoms with van der Waals surface area (Å²) < 4.78 is 26.4. The van der Waals surface area contributed by atoms with Crippen LogP contribution < -0.4 is 0 Å². The molecule has 0 aliphatic carbocycles. The van der Waals surface area contributed by atoms with Crippen LogP contribution in [0.15, 0.2) is 0 Å². The fourth-order valence-corrected chi connectivity index (χ4v) is 6.62. The Morgan fingerprint density at radius 3 is 1.04 bits per heavy atom. The molecule has 0 unspecified atom stereocenters. The second-order valence-electron chi connectivity index (χ2n) is 14.3. The minimum atomic E-state index is -4.74. The van der Waals surface area contributed by atoms with Crippen molar-refractivity contribution in [3.05, 3.63) is 0 Å². The Kier molecular flexibility index (Phi) is 36.1. The summed E-state index contributed by atoms with van der Waals surface area (Å²) in [5.41, 5.74) is 0. The molecule has 0 aromatic heterocycles. The Labute approximate surface area is 302 Å². The molecule has 0 aliphatic rings. The fourth-order valence-electron chi connectivity index (χ4n) is 6.26. The van der Waals surface area contributed by atoms with Gasteiger partial charge in [0.1, 0.15) is 6.61 Å². The highest BCUT2D eigenvalue weighted by molar-refractivity contribution is 7.46. The molecule has 2 N–H and O–H groups in total. The van der Waals surface area contributed by atoms with Crippen LogP contribution in [0.4, 0.5) is 0 Å². The molecule has 0 radical (unpaired) electrons. The third-order valence-electron chi connectivity index (χ3n) is 9.38. The van der Waals surface area contributed by atoms with Gasteiger partial charge < -0.3 is 19.3 Å². The van der Waals surface area contributed by atoms with Gasteiger partial charge in [0.05, 0.1) is 6.61 Å². The Morgan fingerprint density at radius 2 is 0.735 bits per heavy atom. The number of hydrogen-bond acceptors (Lipinski definition) is 6. The molecule has 292 valence electrons. The minimum Gasteiger partial charge on any atom is -0.462 e. The van der Waals surface area contributed by atoms with Gasteiger partial charge >= 0.3 is 19.8 Å². The maximum Gasteiger partial charge on any atom is 0.469 e. The molecule has 0 spiro atoms. The summed E-state index contributed by atoms with van der Waals surface area (Å²) in [6.45, 7) is 3.71. The summed E-state index contributed by atoms with van der Waals surface area (Å²) >= 11 is 0. The summed E-state index contributed by atoms with van der Waals surface area (Å²) in [7, 11) is -4.74. The standard InChI is InChI=1S/C40H79O8P/c1-3-5-7-9-11-13-15-17-18-19-20-21-22-23-25-26-28-30-32-34-39(41)46-36-38(37-47-49(43,44)45)48-40(42)35-33-31-29-27-24-16-14-12-10-8-6-4-2/h38H,3-37H2,1-2H3,(H2,43,44,45)/t38-/m1/s1. The molecule has 0 aromatic rings. The molecule has 0 heterocycles. The first-order chi connectivity index (χ1) is 23.8. The highest BCUT2D eigenvalue weighted by Crippen LogP contribution is 2.36. The molecule has 0 bridgehead atoms. The number of hydrogen-bond donors (Lipinski definition) is 2. The Bertz CT molecular complexity index is 771. The van der Waals surface area contributed by atoms with Crippen molar-refractivity contribution >= 4 is 19.8 Å². The summed E-state index contributed by atoms with van der Waals surface area (Å²) in [6.07, 6.45) is 38.3. The second kappa shape index (κ2) is 36.8. The van der Waals surface area contributed by atoms with Crippen molar-refractivity contribution < 1.29 is 37.9 Å². The molecule has 0 fully saturated rings. The molecule has 8 nitrogen and oxygen atoms in total. The lowest BCUT2D eigenvalue weighted by molar-refractivity contribution is -0.161. The highest BCUT2D eigenvalue weighted by Gasteiger charge is 2.22. The van der Waals surface area contributed by atoms with Gasteiger partial charge in [0.2, 0.25) is 0 Å². The van der Waals surface area contributed by atoms with Crippen molar-refractivity contribution in [3.8, 4) is 0 Å². The van der Waals surface area contributed by atoms with Crippen molar-refractivity contribution in [2.75, 3.05) is 13.2 Å². The number of phosphoric acid groups is 1. The molecule has 0 aliphatic heterocycles. The molecule has 0 amide bonds. The first-order valence-corrected chi connectivity index (χ1v) is 22.4. The molecule has 0 aromatic carbocycles. The first-order valence-electron chi connectivity index (χ1n) is 20.8. The lowest BCUT2D eigenvalue weighted by Gasteiger charge is -2.18. The zero-order chi connectivity index (χ0) is 36.1. The average molecular weight is 719 g/mol. The number of ether oxygens (including phenoxy) is 2. The van der Waals surface area contributed by atoms with Gasteiger partial charge in [0.15, 0.2) is 6.10 Å². The number of unbranched alkanes of at least 4 members (excludes halogenated alkanes) is 29. The lowest BCUT2D eigenvalue weighted by Crippen LogP contribution is -2.29. The predicted molar refractivity (Wildman–Crippen MR) is 203 cm³/mol. The van der Waals surface area contributed by atoms with Crippen molar-refractivity contribution in [3.63, 3.8) is 0 Å². The van der Waals surface area contributed by atoms with Gasteiger partial charge in [0, 0.05) is 12.8 Å². The largest absolute Gasteiger partial charge is 0.469 e. The smallest absolute Gasteiger partial charge is 0.462 e. The van der Waals surface area contributed by atoms with Crippen LogP contribution in [0.3, 0.4) is 0 Å². The Balaban J connectivity index is 3.83. The summed E-state index contributed by atoms with van der Waals surface area (Å²) in [6, 6.07) is 0. The van der Waals surface area contributed by atoms with Crippen LogP contribution in [0.25, 0.3) is 0 Å². The van der Waals surface area contributed by atoms with E-state index in [1.165, 1.54) is 154 Å². The number of carbonyl (C=O) groups is 2. The van der Waals surface area contributed by atoms with Crippen LogP contribution in [-0.2, 0) is 28.2 Å². The Hall–Kier alpha value is -0.950. The van der Waals surface area contributed by atoms with Gasteiger partial charge in [-0.1, -0.05) is 200 Å². The molecule has 0 saturated heterocycles. The molecule has 0 saturated carbocycles. The highest BCUT2D eigenvalue weighted by atomic mass is 31.2. The van der Waals surface area contributed by atoms with E-state index in [0.29, 0.717) is 6.42 Å². The predicted octanol–water partition coefficient (Wildman–Crippen LogP) is 12.5. The number of phosphoric ester groups is 1. The summed E-state index contributed by atoms with van der Waals surface area (Å²) in [5.74, 6) is -0.869. The van der Waals surface area contributed by atoms with E-state index >= 15 is 0 Å². The zero-order valence-corrected chi connectivity index (χ0v) is 33.0. The average Bonchev–Trinajstić information content (AvgIpc) is 3.07. The maximum atomic E-state index is 12.4. The number of rotatable bonds is 39.